The summed E-state index contributed by atoms with van der Waals surface area (Å²) in [5.41, 5.74) is 2.59. The summed E-state index contributed by atoms with van der Waals surface area (Å²) in [5.74, 6) is 0. The third-order valence-electron chi connectivity index (χ3n) is 2.30. The van der Waals surface area contributed by atoms with E-state index in [0.29, 0.717) is 13.0 Å². The highest BCUT2D eigenvalue weighted by Crippen LogP contribution is 2.21. The van der Waals surface area contributed by atoms with Gasteiger partial charge in [0.05, 0.1) is 30.9 Å². The van der Waals surface area contributed by atoms with Crippen molar-refractivity contribution in [2.45, 2.75) is 19.9 Å². The van der Waals surface area contributed by atoms with Crippen LogP contribution < -0.4 is 0 Å². The van der Waals surface area contributed by atoms with Gasteiger partial charge in [0.25, 0.3) is 0 Å². The Kier molecular flexibility index (Phi) is 3.35. The molecule has 0 aliphatic carbocycles. The average molecular weight is 248 g/mol. The molecule has 0 saturated carbocycles. The van der Waals surface area contributed by atoms with Crippen molar-refractivity contribution >= 4 is 11.6 Å². The highest BCUT2D eigenvalue weighted by atomic mass is 35.5. The van der Waals surface area contributed by atoms with Crippen LogP contribution in [0.5, 0.6) is 0 Å². The highest BCUT2D eigenvalue weighted by molar-refractivity contribution is 6.28. The summed E-state index contributed by atoms with van der Waals surface area (Å²) >= 11 is 5.76. The van der Waals surface area contributed by atoms with Crippen LogP contribution in [-0.2, 0) is 6.54 Å². The summed E-state index contributed by atoms with van der Waals surface area (Å²) in [6.45, 7) is 2.49. The molecule has 0 N–H and O–H groups in total. The Labute approximate surface area is 104 Å². The molecular weight excluding hydrogens is 238 g/mol. The molecule has 17 heavy (non-hydrogen) atoms. The molecule has 0 aliphatic rings. The Balaban J connectivity index is 2.30. The topological polar surface area (TPSA) is 67.4 Å². The van der Waals surface area contributed by atoms with Crippen molar-refractivity contribution < 1.29 is 0 Å². The molecular formula is C11H10ClN5. The number of aromatic nitrogens is 4. The van der Waals surface area contributed by atoms with Gasteiger partial charge in [-0.1, -0.05) is 0 Å². The molecule has 0 bridgehead atoms. The minimum atomic E-state index is 0.218. The van der Waals surface area contributed by atoms with E-state index in [1.54, 1.807) is 17.1 Å². The molecule has 0 radical (unpaired) electrons. The molecule has 5 nitrogen and oxygen atoms in total. The van der Waals surface area contributed by atoms with Crippen LogP contribution in [0.1, 0.15) is 12.0 Å². The fourth-order valence-electron chi connectivity index (χ4n) is 1.49. The number of halogens is 1. The van der Waals surface area contributed by atoms with Crippen LogP contribution >= 0.6 is 11.6 Å². The fourth-order valence-corrected chi connectivity index (χ4v) is 1.62. The Morgan fingerprint density at radius 3 is 3.06 bits per heavy atom. The maximum atomic E-state index is 8.50. The lowest BCUT2D eigenvalue weighted by Gasteiger charge is -2.01. The minimum Gasteiger partial charge on any atom is -0.271 e. The normalized spacial score (nSPS) is 10.2. The molecule has 0 saturated heterocycles. The van der Waals surface area contributed by atoms with Crippen molar-refractivity contribution in [3.63, 3.8) is 0 Å². The third kappa shape index (κ3) is 2.60. The van der Waals surface area contributed by atoms with Crippen molar-refractivity contribution in [3.05, 3.63) is 29.4 Å². The monoisotopic (exact) mass is 247 g/mol. The maximum Gasteiger partial charge on any atom is 0.222 e. The van der Waals surface area contributed by atoms with Gasteiger partial charge in [0.1, 0.15) is 0 Å². The van der Waals surface area contributed by atoms with E-state index in [2.05, 4.69) is 21.1 Å². The van der Waals surface area contributed by atoms with Gasteiger partial charge in [0, 0.05) is 18.0 Å². The summed E-state index contributed by atoms with van der Waals surface area (Å²) < 4.78 is 1.72. The van der Waals surface area contributed by atoms with Crippen LogP contribution in [0.2, 0.25) is 5.28 Å². The molecule has 0 spiro atoms. The first-order chi connectivity index (χ1) is 8.20. The van der Waals surface area contributed by atoms with Gasteiger partial charge in [-0.15, -0.1) is 0 Å². The van der Waals surface area contributed by atoms with E-state index < -0.39 is 0 Å². The molecule has 86 valence electrons. The second kappa shape index (κ2) is 4.93. The summed E-state index contributed by atoms with van der Waals surface area (Å²) in [7, 11) is 0. The Hall–Kier alpha value is -1.93. The van der Waals surface area contributed by atoms with Crippen LogP contribution in [0.25, 0.3) is 11.3 Å². The van der Waals surface area contributed by atoms with Gasteiger partial charge in [-0.2, -0.15) is 10.4 Å². The van der Waals surface area contributed by atoms with Crippen LogP contribution in [0.15, 0.2) is 18.6 Å². The van der Waals surface area contributed by atoms with E-state index in [1.807, 2.05) is 13.1 Å². The molecule has 2 aromatic heterocycles. The number of hydrogen-bond acceptors (Lipinski definition) is 4. The van der Waals surface area contributed by atoms with E-state index in [0.717, 1.165) is 16.8 Å². The minimum absolute atomic E-state index is 0.218. The van der Waals surface area contributed by atoms with E-state index in [4.69, 9.17) is 16.9 Å². The molecule has 0 aliphatic heterocycles. The summed E-state index contributed by atoms with van der Waals surface area (Å²) in [6.07, 6.45) is 5.67. The second-order valence-corrected chi connectivity index (χ2v) is 3.91. The number of hydrogen-bond donors (Lipinski definition) is 0. The largest absolute Gasteiger partial charge is 0.271 e. The van der Waals surface area contributed by atoms with Gasteiger partial charge in [-0.25, -0.2) is 9.97 Å². The number of aryl methyl sites for hydroxylation is 2. The summed E-state index contributed by atoms with van der Waals surface area (Å²) in [5, 5.41) is 12.9. The molecule has 0 atom stereocenters. The first-order valence-electron chi connectivity index (χ1n) is 5.09. The van der Waals surface area contributed by atoms with Crippen LogP contribution in [0, 0.1) is 18.3 Å². The van der Waals surface area contributed by atoms with Crippen molar-refractivity contribution in [2.75, 3.05) is 0 Å². The highest BCUT2D eigenvalue weighted by Gasteiger charge is 2.08. The van der Waals surface area contributed by atoms with Crippen molar-refractivity contribution in [1.29, 1.82) is 5.26 Å². The van der Waals surface area contributed by atoms with Crippen LogP contribution in [-0.4, -0.2) is 19.7 Å². The molecule has 0 unspecified atom stereocenters. The quantitative estimate of drug-likeness (QED) is 0.780. The lowest BCUT2D eigenvalue weighted by Crippen LogP contribution is -1.96. The molecule has 2 heterocycles. The first-order valence-corrected chi connectivity index (χ1v) is 5.47. The standard InChI is InChI=1S/C11H10ClN5/c1-8-5-14-11(12)16-10(8)9-6-15-17(7-9)4-2-3-13/h5-7H,2,4H2,1H3. The molecule has 0 aromatic carbocycles. The van der Waals surface area contributed by atoms with Crippen molar-refractivity contribution in [2.24, 2.45) is 0 Å². The zero-order valence-corrected chi connectivity index (χ0v) is 10.0. The van der Waals surface area contributed by atoms with E-state index in [-0.39, 0.29) is 5.28 Å². The molecule has 2 rings (SSSR count). The predicted octanol–water partition coefficient (Wildman–Crippen LogP) is 2.22. The number of nitrogens with zero attached hydrogens (tertiary/aromatic N) is 5. The summed E-state index contributed by atoms with van der Waals surface area (Å²) in [6, 6.07) is 2.08. The molecule has 2 aromatic rings. The van der Waals surface area contributed by atoms with Gasteiger partial charge in [-0.05, 0) is 24.1 Å². The van der Waals surface area contributed by atoms with E-state index >= 15 is 0 Å². The molecule has 0 fully saturated rings. The lowest BCUT2D eigenvalue weighted by molar-refractivity contribution is 0.628. The van der Waals surface area contributed by atoms with Crippen molar-refractivity contribution in [3.8, 4) is 17.3 Å². The molecule has 0 amide bonds. The zero-order chi connectivity index (χ0) is 12.3. The Morgan fingerprint density at radius 1 is 1.47 bits per heavy atom. The predicted molar refractivity (Wildman–Crippen MR) is 63.2 cm³/mol. The maximum absolute atomic E-state index is 8.50. The number of rotatable bonds is 3. The van der Waals surface area contributed by atoms with Gasteiger partial charge in [0.2, 0.25) is 5.28 Å². The van der Waals surface area contributed by atoms with E-state index in [9.17, 15) is 0 Å². The first kappa shape index (κ1) is 11.6. The van der Waals surface area contributed by atoms with E-state index in [1.165, 1.54) is 0 Å². The smallest absolute Gasteiger partial charge is 0.222 e. The average Bonchev–Trinajstić information content (AvgIpc) is 2.78. The van der Waals surface area contributed by atoms with Crippen molar-refractivity contribution in [1.82, 2.24) is 19.7 Å². The third-order valence-corrected chi connectivity index (χ3v) is 2.48. The van der Waals surface area contributed by atoms with Gasteiger partial charge < -0.3 is 0 Å². The lowest BCUT2D eigenvalue weighted by atomic mass is 10.2. The fraction of sp³-hybridized carbons (Fsp3) is 0.273. The SMILES string of the molecule is Cc1cnc(Cl)nc1-c1cnn(CCC#N)c1. The van der Waals surface area contributed by atoms with Crippen LogP contribution in [0.3, 0.4) is 0 Å². The Bertz CT molecular complexity index is 569. The Morgan fingerprint density at radius 2 is 2.29 bits per heavy atom. The molecule has 6 heteroatoms. The van der Waals surface area contributed by atoms with Crippen LogP contribution in [0.4, 0.5) is 0 Å². The zero-order valence-electron chi connectivity index (χ0n) is 9.26. The second-order valence-electron chi connectivity index (χ2n) is 3.57. The van der Waals surface area contributed by atoms with Gasteiger partial charge >= 0.3 is 0 Å². The van der Waals surface area contributed by atoms with Gasteiger partial charge in [-0.3, -0.25) is 4.68 Å². The van der Waals surface area contributed by atoms with Gasteiger partial charge in [0.15, 0.2) is 0 Å². The number of nitriles is 1. The summed E-state index contributed by atoms with van der Waals surface area (Å²) in [4.78, 5) is 8.08.